The highest BCUT2D eigenvalue weighted by atomic mass is 15.1. The van der Waals surface area contributed by atoms with Gasteiger partial charge in [-0.05, 0) is 30.7 Å². The third-order valence-corrected chi connectivity index (χ3v) is 2.02. The minimum absolute atomic E-state index is 0.626. The number of aryl methyl sites for hydroxylation is 1. The smallest absolute Gasteiger partial charge is 0.174 e. The van der Waals surface area contributed by atoms with Gasteiger partial charge in [0.2, 0.25) is 0 Å². The molecule has 0 spiro atoms. The number of hydrogen-bond donors (Lipinski definition) is 0. The molecule has 0 bridgehead atoms. The molecular formula is C12H11N3. The molecule has 15 heavy (non-hydrogen) atoms. The molecule has 1 heterocycles. The first kappa shape index (κ1) is 9.52. The normalized spacial score (nSPS) is 10.7. The van der Waals surface area contributed by atoms with E-state index in [0.717, 1.165) is 11.3 Å². The predicted molar refractivity (Wildman–Crippen MR) is 59.6 cm³/mol. The van der Waals surface area contributed by atoms with Crippen LogP contribution in [0.5, 0.6) is 0 Å². The molecule has 0 saturated carbocycles. The molecule has 0 fully saturated rings. The Morgan fingerprint density at radius 3 is 2.47 bits per heavy atom. The molecule has 0 saturated heterocycles. The molecule has 3 heteroatoms. The van der Waals surface area contributed by atoms with Crippen molar-refractivity contribution in [2.45, 2.75) is 6.92 Å². The summed E-state index contributed by atoms with van der Waals surface area (Å²) < 4.78 is 0. The Bertz CT molecular complexity index is 463. The van der Waals surface area contributed by atoms with Crippen LogP contribution in [-0.4, -0.2) is 4.98 Å². The van der Waals surface area contributed by atoms with Gasteiger partial charge in [-0.2, -0.15) is 0 Å². The van der Waals surface area contributed by atoms with Crippen LogP contribution < -0.4 is 0 Å². The van der Waals surface area contributed by atoms with Gasteiger partial charge in [-0.1, -0.05) is 24.3 Å². The third kappa shape index (κ3) is 2.47. The van der Waals surface area contributed by atoms with Crippen LogP contribution in [0.15, 0.2) is 58.9 Å². The lowest BCUT2D eigenvalue weighted by Crippen LogP contribution is -1.72. The van der Waals surface area contributed by atoms with Gasteiger partial charge in [-0.15, -0.1) is 10.2 Å². The van der Waals surface area contributed by atoms with Crippen LogP contribution in [0, 0.1) is 6.92 Å². The van der Waals surface area contributed by atoms with Crippen molar-refractivity contribution in [2.24, 2.45) is 10.2 Å². The lowest BCUT2D eigenvalue weighted by Gasteiger charge is -1.96. The van der Waals surface area contributed by atoms with Gasteiger partial charge in [0, 0.05) is 6.20 Å². The molecule has 0 N–H and O–H groups in total. The number of benzene rings is 1. The van der Waals surface area contributed by atoms with Gasteiger partial charge < -0.3 is 0 Å². The van der Waals surface area contributed by atoms with Crippen molar-refractivity contribution in [1.29, 1.82) is 0 Å². The first-order valence-corrected chi connectivity index (χ1v) is 4.75. The van der Waals surface area contributed by atoms with Crippen molar-refractivity contribution < 1.29 is 0 Å². The summed E-state index contributed by atoms with van der Waals surface area (Å²) in [6, 6.07) is 13.4. The summed E-state index contributed by atoms with van der Waals surface area (Å²) in [5.74, 6) is 0.626. The van der Waals surface area contributed by atoms with E-state index in [-0.39, 0.29) is 0 Å². The van der Waals surface area contributed by atoms with Crippen LogP contribution in [0.25, 0.3) is 0 Å². The van der Waals surface area contributed by atoms with Crippen LogP contribution in [0.2, 0.25) is 0 Å². The van der Waals surface area contributed by atoms with E-state index < -0.39 is 0 Å². The summed E-state index contributed by atoms with van der Waals surface area (Å²) in [6.07, 6.45) is 1.70. The van der Waals surface area contributed by atoms with Crippen molar-refractivity contribution in [1.82, 2.24) is 4.98 Å². The second-order valence-electron chi connectivity index (χ2n) is 3.17. The third-order valence-electron chi connectivity index (χ3n) is 2.02. The molecular weight excluding hydrogens is 186 g/mol. The average Bonchev–Trinajstić information content (AvgIpc) is 2.29. The van der Waals surface area contributed by atoms with Crippen molar-refractivity contribution in [3.8, 4) is 0 Å². The number of nitrogens with zero attached hydrogens (tertiary/aromatic N) is 3. The van der Waals surface area contributed by atoms with Crippen LogP contribution in [-0.2, 0) is 0 Å². The molecule has 0 amide bonds. The summed E-state index contributed by atoms with van der Waals surface area (Å²) in [5, 5.41) is 8.19. The van der Waals surface area contributed by atoms with Crippen molar-refractivity contribution in [3.05, 3.63) is 54.2 Å². The van der Waals surface area contributed by atoms with E-state index in [1.807, 2.05) is 49.4 Å². The molecule has 3 nitrogen and oxygen atoms in total. The highest BCUT2D eigenvalue weighted by molar-refractivity contribution is 5.44. The Morgan fingerprint density at radius 1 is 0.933 bits per heavy atom. The molecule has 0 aliphatic rings. The maximum atomic E-state index is 4.14. The fourth-order valence-electron chi connectivity index (χ4n) is 1.19. The van der Waals surface area contributed by atoms with Crippen LogP contribution in [0.4, 0.5) is 11.5 Å². The monoisotopic (exact) mass is 197 g/mol. The first-order chi connectivity index (χ1) is 7.36. The highest BCUT2D eigenvalue weighted by Crippen LogP contribution is 2.19. The van der Waals surface area contributed by atoms with Gasteiger partial charge in [0.25, 0.3) is 0 Å². The van der Waals surface area contributed by atoms with Crippen LogP contribution in [0.1, 0.15) is 5.56 Å². The van der Waals surface area contributed by atoms with Crippen molar-refractivity contribution in [2.75, 3.05) is 0 Å². The Balaban J connectivity index is 2.23. The largest absolute Gasteiger partial charge is 0.236 e. The number of pyridine rings is 1. The zero-order valence-electron chi connectivity index (χ0n) is 8.46. The zero-order valence-corrected chi connectivity index (χ0v) is 8.46. The number of aromatic nitrogens is 1. The summed E-state index contributed by atoms with van der Waals surface area (Å²) in [6.45, 7) is 2.01. The van der Waals surface area contributed by atoms with E-state index in [1.54, 1.807) is 6.20 Å². The molecule has 0 radical (unpaired) electrons. The zero-order chi connectivity index (χ0) is 10.5. The minimum Gasteiger partial charge on any atom is -0.236 e. The highest BCUT2D eigenvalue weighted by Gasteiger charge is 1.93. The summed E-state index contributed by atoms with van der Waals surface area (Å²) in [5.41, 5.74) is 1.99. The summed E-state index contributed by atoms with van der Waals surface area (Å²) in [7, 11) is 0. The maximum Gasteiger partial charge on any atom is 0.174 e. The van der Waals surface area contributed by atoms with Crippen molar-refractivity contribution in [3.63, 3.8) is 0 Å². The summed E-state index contributed by atoms with van der Waals surface area (Å²) >= 11 is 0. The predicted octanol–water partition coefficient (Wildman–Crippen LogP) is 3.81. The molecule has 2 aromatic rings. The molecule has 0 aliphatic carbocycles. The molecule has 1 aromatic carbocycles. The number of azo groups is 1. The standard InChI is InChI=1S/C12H11N3/c1-10-6-2-3-7-11(10)14-15-12-8-4-5-9-13-12/h2-9H,1H3. The van der Waals surface area contributed by atoms with Crippen LogP contribution >= 0.6 is 0 Å². The minimum atomic E-state index is 0.626. The van der Waals surface area contributed by atoms with Gasteiger partial charge in [0.1, 0.15) is 0 Å². The van der Waals surface area contributed by atoms with Gasteiger partial charge in [-0.25, -0.2) is 4.98 Å². The van der Waals surface area contributed by atoms with E-state index in [0.29, 0.717) is 5.82 Å². The Morgan fingerprint density at radius 2 is 1.73 bits per heavy atom. The fourth-order valence-corrected chi connectivity index (χ4v) is 1.19. The molecule has 0 aliphatic heterocycles. The topological polar surface area (TPSA) is 37.6 Å². The Hall–Kier alpha value is -2.03. The molecule has 74 valence electrons. The molecule has 0 unspecified atom stereocenters. The Labute approximate surface area is 88.5 Å². The van der Waals surface area contributed by atoms with Gasteiger partial charge in [0.15, 0.2) is 5.82 Å². The fraction of sp³-hybridized carbons (Fsp3) is 0.0833. The van der Waals surface area contributed by atoms with E-state index in [9.17, 15) is 0 Å². The Kier molecular flexibility index (Phi) is 2.83. The average molecular weight is 197 g/mol. The molecule has 0 atom stereocenters. The number of hydrogen-bond acceptors (Lipinski definition) is 3. The van der Waals surface area contributed by atoms with Gasteiger partial charge in [0.05, 0.1) is 5.69 Å². The van der Waals surface area contributed by atoms with Gasteiger partial charge in [-0.3, -0.25) is 0 Å². The molecule has 1 aromatic heterocycles. The number of rotatable bonds is 2. The molecule has 2 rings (SSSR count). The lowest BCUT2D eigenvalue weighted by molar-refractivity contribution is 1.14. The van der Waals surface area contributed by atoms with Gasteiger partial charge >= 0.3 is 0 Å². The second-order valence-corrected chi connectivity index (χ2v) is 3.17. The quantitative estimate of drug-likeness (QED) is 0.674. The van der Waals surface area contributed by atoms with E-state index >= 15 is 0 Å². The van der Waals surface area contributed by atoms with Crippen molar-refractivity contribution >= 4 is 11.5 Å². The van der Waals surface area contributed by atoms with E-state index in [4.69, 9.17) is 0 Å². The van der Waals surface area contributed by atoms with E-state index in [1.165, 1.54) is 0 Å². The van der Waals surface area contributed by atoms with Crippen LogP contribution in [0.3, 0.4) is 0 Å². The SMILES string of the molecule is Cc1ccccc1N=Nc1ccccn1. The lowest BCUT2D eigenvalue weighted by atomic mass is 10.2. The van der Waals surface area contributed by atoms with E-state index in [2.05, 4.69) is 15.2 Å². The second kappa shape index (κ2) is 4.46. The first-order valence-electron chi connectivity index (χ1n) is 4.75. The summed E-state index contributed by atoms with van der Waals surface area (Å²) in [4.78, 5) is 4.06. The maximum absolute atomic E-state index is 4.14.